The molecule has 21 heavy (non-hydrogen) atoms. The molecule has 0 radical (unpaired) electrons. The number of para-hydroxylation sites is 1. The third kappa shape index (κ3) is 3.65. The second-order valence-corrected chi connectivity index (χ2v) is 4.12. The first-order chi connectivity index (χ1) is 9.88. The van der Waals surface area contributed by atoms with Gasteiger partial charge >= 0.3 is 6.18 Å². The molecule has 0 saturated carbocycles. The van der Waals surface area contributed by atoms with Crippen LogP contribution in [-0.2, 0) is 6.18 Å². The summed E-state index contributed by atoms with van der Waals surface area (Å²) in [6.45, 7) is 0. The van der Waals surface area contributed by atoms with E-state index in [0.29, 0.717) is 0 Å². The summed E-state index contributed by atoms with van der Waals surface area (Å²) in [6.07, 6.45) is -3.15. The van der Waals surface area contributed by atoms with Gasteiger partial charge in [0.2, 0.25) is 0 Å². The monoisotopic (exact) mass is 294 g/mol. The minimum absolute atomic E-state index is 0.117. The van der Waals surface area contributed by atoms with E-state index < -0.39 is 16.7 Å². The van der Waals surface area contributed by atoms with Gasteiger partial charge in [0.25, 0.3) is 5.69 Å². The van der Waals surface area contributed by atoms with E-state index in [1.807, 2.05) is 0 Å². The lowest BCUT2D eigenvalue weighted by atomic mass is 10.2. The van der Waals surface area contributed by atoms with Crippen molar-refractivity contribution in [1.82, 2.24) is 0 Å². The molecule has 0 unspecified atom stereocenters. The molecule has 0 aliphatic rings. The van der Waals surface area contributed by atoms with E-state index >= 15 is 0 Å². The summed E-state index contributed by atoms with van der Waals surface area (Å²) in [6, 6.07) is 10.2. The maximum absolute atomic E-state index is 12.4. The summed E-state index contributed by atoms with van der Waals surface area (Å²) in [5, 5.41) is 10.8. The van der Waals surface area contributed by atoms with Crippen LogP contribution in [0.25, 0.3) is 0 Å². The largest absolute Gasteiger partial charge is 0.416 e. The molecular formula is C14H9F3N2O2. The van der Waals surface area contributed by atoms with Crippen molar-refractivity contribution in [3.05, 3.63) is 69.8 Å². The topological polar surface area (TPSA) is 55.5 Å². The Hall–Kier alpha value is -2.70. The number of halogens is 3. The van der Waals surface area contributed by atoms with Crippen molar-refractivity contribution < 1.29 is 18.1 Å². The summed E-state index contributed by atoms with van der Waals surface area (Å²) in [7, 11) is 0. The van der Waals surface area contributed by atoms with Crippen molar-refractivity contribution in [3.8, 4) is 0 Å². The third-order valence-electron chi connectivity index (χ3n) is 2.68. The van der Waals surface area contributed by atoms with E-state index in [-0.39, 0.29) is 16.9 Å². The van der Waals surface area contributed by atoms with Gasteiger partial charge in [-0.3, -0.25) is 15.1 Å². The average molecular weight is 294 g/mol. The molecule has 0 fully saturated rings. The number of nitro groups is 1. The zero-order chi connectivity index (χ0) is 15.5. The van der Waals surface area contributed by atoms with Crippen molar-refractivity contribution >= 4 is 17.6 Å². The van der Waals surface area contributed by atoms with Crippen LogP contribution in [0.3, 0.4) is 0 Å². The average Bonchev–Trinajstić information content (AvgIpc) is 2.45. The Bertz CT molecular complexity index is 679. The van der Waals surface area contributed by atoms with E-state index in [2.05, 4.69) is 4.99 Å². The first kappa shape index (κ1) is 14.7. The standard InChI is InChI=1S/C14H9F3N2O2/c15-14(16,17)11-5-7-12(8-6-11)18-9-10-3-1-2-4-13(10)19(20)21/h1-9H/b18-9-. The van der Waals surface area contributed by atoms with E-state index in [1.54, 1.807) is 6.07 Å². The van der Waals surface area contributed by atoms with Crippen LogP contribution in [0.4, 0.5) is 24.5 Å². The molecule has 0 N–H and O–H groups in total. The number of hydrogen-bond acceptors (Lipinski definition) is 3. The Morgan fingerprint density at radius 2 is 1.67 bits per heavy atom. The number of aliphatic imine (C=N–C) groups is 1. The van der Waals surface area contributed by atoms with E-state index in [0.717, 1.165) is 12.1 Å². The third-order valence-corrected chi connectivity index (χ3v) is 2.68. The predicted octanol–water partition coefficient (Wildman–Crippen LogP) is 4.36. The molecule has 2 rings (SSSR count). The molecule has 4 nitrogen and oxygen atoms in total. The molecule has 0 atom stereocenters. The van der Waals surface area contributed by atoms with E-state index in [1.165, 1.54) is 36.5 Å². The molecule has 0 bridgehead atoms. The van der Waals surface area contributed by atoms with Crippen molar-refractivity contribution in [3.63, 3.8) is 0 Å². The van der Waals surface area contributed by atoms with Crippen molar-refractivity contribution in [1.29, 1.82) is 0 Å². The quantitative estimate of drug-likeness (QED) is 0.479. The van der Waals surface area contributed by atoms with Gasteiger partial charge in [0, 0.05) is 12.3 Å². The van der Waals surface area contributed by atoms with Crippen LogP contribution in [-0.4, -0.2) is 11.1 Å². The van der Waals surface area contributed by atoms with Gasteiger partial charge in [0.15, 0.2) is 0 Å². The fraction of sp³-hybridized carbons (Fsp3) is 0.0714. The molecule has 0 spiro atoms. The number of benzene rings is 2. The highest BCUT2D eigenvalue weighted by Gasteiger charge is 2.29. The zero-order valence-electron chi connectivity index (χ0n) is 10.5. The molecule has 7 heteroatoms. The summed E-state index contributed by atoms with van der Waals surface area (Å²) in [4.78, 5) is 14.2. The van der Waals surface area contributed by atoms with Crippen LogP contribution >= 0.6 is 0 Å². The second-order valence-electron chi connectivity index (χ2n) is 4.12. The summed E-state index contributed by atoms with van der Waals surface area (Å²) in [5.41, 5.74) is -0.330. The second kappa shape index (κ2) is 5.74. The smallest absolute Gasteiger partial charge is 0.258 e. The Morgan fingerprint density at radius 3 is 2.24 bits per heavy atom. The number of alkyl halides is 3. The van der Waals surface area contributed by atoms with Gasteiger partial charge in [-0.15, -0.1) is 0 Å². The van der Waals surface area contributed by atoms with Crippen LogP contribution in [0.15, 0.2) is 53.5 Å². The number of nitro benzene ring substituents is 1. The normalized spacial score (nSPS) is 11.8. The summed E-state index contributed by atoms with van der Waals surface area (Å²) >= 11 is 0. The van der Waals surface area contributed by atoms with Gasteiger partial charge < -0.3 is 0 Å². The Morgan fingerprint density at radius 1 is 1.05 bits per heavy atom. The minimum atomic E-state index is -4.40. The molecule has 0 aliphatic heterocycles. The van der Waals surface area contributed by atoms with Gasteiger partial charge in [-0.05, 0) is 30.3 Å². The van der Waals surface area contributed by atoms with Crippen LogP contribution in [0.1, 0.15) is 11.1 Å². The minimum Gasteiger partial charge on any atom is -0.258 e. The van der Waals surface area contributed by atoms with Crippen molar-refractivity contribution in [2.75, 3.05) is 0 Å². The van der Waals surface area contributed by atoms with Gasteiger partial charge in [-0.2, -0.15) is 13.2 Å². The number of nitrogens with zero attached hydrogens (tertiary/aromatic N) is 2. The van der Waals surface area contributed by atoms with Gasteiger partial charge in [-0.1, -0.05) is 12.1 Å². The zero-order valence-corrected chi connectivity index (χ0v) is 10.5. The van der Waals surface area contributed by atoms with Crippen LogP contribution in [0.2, 0.25) is 0 Å². The maximum atomic E-state index is 12.4. The van der Waals surface area contributed by atoms with Gasteiger partial charge in [0.1, 0.15) is 0 Å². The molecule has 0 amide bonds. The van der Waals surface area contributed by atoms with E-state index in [9.17, 15) is 23.3 Å². The van der Waals surface area contributed by atoms with Crippen molar-refractivity contribution in [2.24, 2.45) is 4.99 Å². The lowest BCUT2D eigenvalue weighted by Gasteiger charge is -2.05. The summed E-state index contributed by atoms with van der Waals surface area (Å²) < 4.78 is 37.2. The molecule has 0 aliphatic carbocycles. The first-order valence-corrected chi connectivity index (χ1v) is 5.82. The van der Waals surface area contributed by atoms with Crippen molar-refractivity contribution in [2.45, 2.75) is 6.18 Å². The fourth-order valence-corrected chi connectivity index (χ4v) is 1.64. The van der Waals surface area contributed by atoms with E-state index in [4.69, 9.17) is 0 Å². The van der Waals surface area contributed by atoms with Gasteiger partial charge in [-0.25, -0.2) is 0 Å². The Balaban J connectivity index is 2.24. The molecule has 2 aromatic carbocycles. The van der Waals surface area contributed by atoms with Gasteiger partial charge in [0.05, 0.1) is 21.7 Å². The Kier molecular flexibility index (Phi) is 4.02. The molecule has 0 aromatic heterocycles. The Labute approximate surface area is 117 Å². The molecule has 0 heterocycles. The number of hydrogen-bond donors (Lipinski definition) is 0. The summed E-state index contributed by atoms with van der Waals surface area (Å²) in [5.74, 6) is 0. The molecular weight excluding hydrogens is 285 g/mol. The highest BCUT2D eigenvalue weighted by molar-refractivity contribution is 5.86. The van der Waals surface area contributed by atoms with Crippen LogP contribution in [0, 0.1) is 10.1 Å². The highest BCUT2D eigenvalue weighted by Crippen LogP contribution is 2.30. The maximum Gasteiger partial charge on any atom is 0.416 e. The SMILES string of the molecule is O=[N+]([O-])c1ccccc1/C=N\c1ccc(C(F)(F)F)cc1. The number of rotatable bonds is 3. The predicted molar refractivity (Wildman–Crippen MR) is 71.8 cm³/mol. The van der Waals surface area contributed by atoms with Crippen LogP contribution in [0.5, 0.6) is 0 Å². The molecule has 108 valence electrons. The molecule has 0 saturated heterocycles. The first-order valence-electron chi connectivity index (χ1n) is 5.82. The lowest BCUT2D eigenvalue weighted by Crippen LogP contribution is -2.03. The highest BCUT2D eigenvalue weighted by atomic mass is 19.4. The fourth-order valence-electron chi connectivity index (χ4n) is 1.64. The lowest BCUT2D eigenvalue weighted by molar-refractivity contribution is -0.385. The van der Waals surface area contributed by atoms with Crippen LogP contribution < -0.4 is 0 Å². The molecule has 2 aromatic rings.